The normalized spacial score (nSPS) is 10.2. The molecule has 2 amide bonds. The fraction of sp³-hybridized carbons (Fsp3) is 0.278. The zero-order chi connectivity index (χ0) is 16.7. The predicted molar refractivity (Wildman–Crippen MR) is 91.3 cm³/mol. The molecular formula is C18H21N3O2. The lowest BCUT2D eigenvalue weighted by Gasteiger charge is -2.08. The van der Waals surface area contributed by atoms with Crippen LogP contribution in [0, 0.1) is 6.92 Å². The van der Waals surface area contributed by atoms with Gasteiger partial charge in [0.2, 0.25) is 0 Å². The molecule has 2 aromatic rings. The summed E-state index contributed by atoms with van der Waals surface area (Å²) in [6, 6.07) is 11.1. The van der Waals surface area contributed by atoms with Gasteiger partial charge < -0.3 is 10.6 Å². The molecule has 1 aromatic carbocycles. The number of rotatable bonds is 5. The molecule has 0 aliphatic carbocycles. The van der Waals surface area contributed by atoms with Crippen LogP contribution in [-0.2, 0) is 16.0 Å². The van der Waals surface area contributed by atoms with E-state index in [2.05, 4.69) is 22.5 Å². The monoisotopic (exact) mass is 311 g/mol. The van der Waals surface area contributed by atoms with Crippen molar-refractivity contribution in [1.82, 2.24) is 4.98 Å². The van der Waals surface area contributed by atoms with Gasteiger partial charge in [-0.1, -0.05) is 31.5 Å². The van der Waals surface area contributed by atoms with Gasteiger partial charge in [-0.2, -0.15) is 0 Å². The van der Waals surface area contributed by atoms with Gasteiger partial charge in [0.05, 0.1) is 0 Å². The Morgan fingerprint density at radius 2 is 1.74 bits per heavy atom. The zero-order valence-corrected chi connectivity index (χ0v) is 13.4. The van der Waals surface area contributed by atoms with Gasteiger partial charge in [0, 0.05) is 11.9 Å². The smallest absolute Gasteiger partial charge is 0.315 e. The molecule has 1 aromatic heterocycles. The first-order chi connectivity index (χ1) is 11.1. The van der Waals surface area contributed by atoms with Crippen molar-refractivity contribution in [3.63, 3.8) is 0 Å². The van der Waals surface area contributed by atoms with Crippen molar-refractivity contribution in [2.75, 3.05) is 10.6 Å². The molecular weight excluding hydrogens is 290 g/mol. The lowest BCUT2D eigenvalue weighted by Crippen LogP contribution is -2.29. The Kier molecular flexibility index (Phi) is 5.86. The minimum absolute atomic E-state index is 0.391. The number of aryl methyl sites for hydroxylation is 2. The first-order valence-electron chi connectivity index (χ1n) is 7.73. The minimum atomic E-state index is -0.734. The summed E-state index contributed by atoms with van der Waals surface area (Å²) < 4.78 is 0. The molecule has 0 unspecified atom stereocenters. The molecule has 2 N–H and O–H groups in total. The number of amides is 2. The maximum atomic E-state index is 11.9. The summed E-state index contributed by atoms with van der Waals surface area (Å²) in [7, 11) is 0. The summed E-state index contributed by atoms with van der Waals surface area (Å²) in [4.78, 5) is 27.9. The van der Waals surface area contributed by atoms with Gasteiger partial charge in [-0.25, -0.2) is 4.98 Å². The molecule has 5 heteroatoms. The van der Waals surface area contributed by atoms with E-state index in [1.807, 2.05) is 37.3 Å². The van der Waals surface area contributed by atoms with Gasteiger partial charge >= 0.3 is 11.8 Å². The quantitative estimate of drug-likeness (QED) is 0.832. The number of aromatic nitrogens is 1. The molecule has 0 saturated heterocycles. The highest BCUT2D eigenvalue weighted by Gasteiger charge is 2.15. The van der Waals surface area contributed by atoms with Gasteiger partial charge in [-0.05, 0) is 49.1 Å². The maximum Gasteiger partial charge on any atom is 0.315 e. The molecule has 0 saturated carbocycles. The molecule has 1 heterocycles. The van der Waals surface area contributed by atoms with Crippen LogP contribution in [0.25, 0.3) is 0 Å². The molecule has 0 aliphatic rings. The van der Waals surface area contributed by atoms with E-state index in [1.54, 1.807) is 12.3 Å². The van der Waals surface area contributed by atoms with Gasteiger partial charge in [0.15, 0.2) is 0 Å². The second kappa shape index (κ2) is 8.08. The van der Waals surface area contributed by atoms with Crippen LogP contribution in [0.1, 0.15) is 30.9 Å². The summed E-state index contributed by atoms with van der Waals surface area (Å²) in [5.41, 5.74) is 2.62. The number of unbranched alkanes of at least 4 members (excludes halogenated alkanes) is 1. The van der Waals surface area contributed by atoms with Gasteiger partial charge in [-0.3, -0.25) is 9.59 Å². The molecule has 0 aliphatic heterocycles. The Balaban J connectivity index is 1.93. The molecule has 120 valence electrons. The number of pyridine rings is 1. The van der Waals surface area contributed by atoms with Crippen molar-refractivity contribution in [1.29, 1.82) is 0 Å². The molecule has 2 rings (SSSR count). The lowest BCUT2D eigenvalue weighted by molar-refractivity contribution is -0.133. The summed E-state index contributed by atoms with van der Waals surface area (Å²) in [5.74, 6) is -1.05. The van der Waals surface area contributed by atoms with Gasteiger partial charge in [0.1, 0.15) is 5.82 Å². The van der Waals surface area contributed by atoms with Crippen molar-refractivity contribution in [2.45, 2.75) is 33.1 Å². The fourth-order valence-corrected chi connectivity index (χ4v) is 2.10. The topological polar surface area (TPSA) is 71.1 Å². The predicted octanol–water partition coefficient (Wildman–Crippen LogP) is 3.31. The molecule has 0 atom stereocenters. The Hall–Kier alpha value is -2.69. The Morgan fingerprint density at radius 1 is 1.04 bits per heavy atom. The molecule has 0 bridgehead atoms. The highest BCUT2D eigenvalue weighted by Crippen LogP contribution is 2.13. The summed E-state index contributed by atoms with van der Waals surface area (Å²) in [5, 5.41) is 5.09. The number of carbonyl (C=O) groups excluding carboxylic acids is 2. The third-order valence-corrected chi connectivity index (χ3v) is 3.48. The van der Waals surface area contributed by atoms with E-state index in [9.17, 15) is 9.59 Å². The van der Waals surface area contributed by atoms with Crippen LogP contribution in [0.5, 0.6) is 0 Å². The third kappa shape index (κ3) is 4.92. The Bertz CT molecular complexity index is 681. The van der Waals surface area contributed by atoms with Crippen LogP contribution in [-0.4, -0.2) is 16.8 Å². The summed E-state index contributed by atoms with van der Waals surface area (Å²) in [6.07, 6.45) is 4.86. The van der Waals surface area contributed by atoms with Crippen LogP contribution >= 0.6 is 0 Å². The Labute approximate surface area is 136 Å². The summed E-state index contributed by atoms with van der Waals surface area (Å²) in [6.45, 7) is 3.96. The standard InChI is InChI=1S/C18H21N3O2/c1-3-4-7-14-8-10-15(11-9-14)20-17(22)18(23)21-16-13(2)6-5-12-19-16/h5-6,8-12H,3-4,7H2,1-2H3,(H,20,22)(H,19,21,23). The van der Waals surface area contributed by atoms with E-state index in [0.29, 0.717) is 11.5 Å². The van der Waals surface area contributed by atoms with Crippen LogP contribution in [0.4, 0.5) is 11.5 Å². The molecule has 0 radical (unpaired) electrons. The van der Waals surface area contributed by atoms with Crippen molar-refractivity contribution in [3.05, 3.63) is 53.7 Å². The van der Waals surface area contributed by atoms with Crippen LogP contribution in [0.3, 0.4) is 0 Å². The third-order valence-electron chi connectivity index (χ3n) is 3.48. The van der Waals surface area contributed by atoms with Gasteiger partial charge in [0.25, 0.3) is 0 Å². The number of hydrogen-bond acceptors (Lipinski definition) is 3. The van der Waals surface area contributed by atoms with E-state index < -0.39 is 11.8 Å². The highest BCUT2D eigenvalue weighted by atomic mass is 16.2. The number of hydrogen-bond donors (Lipinski definition) is 2. The average molecular weight is 311 g/mol. The summed E-state index contributed by atoms with van der Waals surface area (Å²) >= 11 is 0. The van der Waals surface area contributed by atoms with Crippen LogP contribution in [0.2, 0.25) is 0 Å². The van der Waals surface area contributed by atoms with Crippen molar-refractivity contribution >= 4 is 23.3 Å². The number of carbonyl (C=O) groups is 2. The SMILES string of the molecule is CCCCc1ccc(NC(=O)C(=O)Nc2ncccc2C)cc1. The second-order valence-corrected chi connectivity index (χ2v) is 5.38. The van der Waals surface area contributed by atoms with Crippen molar-refractivity contribution < 1.29 is 9.59 Å². The first kappa shape index (κ1) is 16.7. The molecule has 5 nitrogen and oxygen atoms in total. The van der Waals surface area contributed by atoms with E-state index in [1.165, 1.54) is 5.56 Å². The van der Waals surface area contributed by atoms with Crippen LogP contribution < -0.4 is 10.6 Å². The molecule has 0 spiro atoms. The van der Waals surface area contributed by atoms with E-state index in [0.717, 1.165) is 24.8 Å². The Morgan fingerprint density at radius 3 is 2.39 bits per heavy atom. The van der Waals surface area contributed by atoms with E-state index in [-0.39, 0.29) is 0 Å². The number of nitrogens with zero attached hydrogens (tertiary/aromatic N) is 1. The zero-order valence-electron chi connectivity index (χ0n) is 13.4. The van der Waals surface area contributed by atoms with Crippen molar-refractivity contribution in [2.24, 2.45) is 0 Å². The van der Waals surface area contributed by atoms with Crippen molar-refractivity contribution in [3.8, 4) is 0 Å². The number of anilines is 2. The average Bonchev–Trinajstić information content (AvgIpc) is 2.56. The molecule has 23 heavy (non-hydrogen) atoms. The number of nitrogens with one attached hydrogen (secondary N) is 2. The highest BCUT2D eigenvalue weighted by molar-refractivity contribution is 6.43. The minimum Gasteiger partial charge on any atom is -0.318 e. The maximum absolute atomic E-state index is 11.9. The largest absolute Gasteiger partial charge is 0.318 e. The number of benzene rings is 1. The lowest BCUT2D eigenvalue weighted by atomic mass is 10.1. The van der Waals surface area contributed by atoms with E-state index >= 15 is 0 Å². The molecule has 0 fully saturated rings. The fourth-order valence-electron chi connectivity index (χ4n) is 2.10. The van der Waals surface area contributed by atoms with E-state index in [4.69, 9.17) is 0 Å². The first-order valence-corrected chi connectivity index (χ1v) is 7.73. The van der Waals surface area contributed by atoms with Gasteiger partial charge in [-0.15, -0.1) is 0 Å². The second-order valence-electron chi connectivity index (χ2n) is 5.38. The van der Waals surface area contributed by atoms with Crippen LogP contribution in [0.15, 0.2) is 42.6 Å².